The van der Waals surface area contributed by atoms with Gasteiger partial charge in [-0.2, -0.15) is 0 Å². The van der Waals surface area contributed by atoms with Crippen LogP contribution >= 0.6 is 0 Å². The average molecular weight is 248 g/mol. The van der Waals surface area contributed by atoms with E-state index in [1.54, 1.807) is 4.90 Å². The van der Waals surface area contributed by atoms with E-state index in [4.69, 9.17) is 5.73 Å². The van der Waals surface area contributed by atoms with Crippen molar-refractivity contribution < 1.29 is 4.79 Å². The molecular weight excluding hydrogens is 224 g/mol. The summed E-state index contributed by atoms with van der Waals surface area (Å²) in [7, 11) is 1.85. The van der Waals surface area contributed by atoms with Gasteiger partial charge in [-0.15, -0.1) is 0 Å². The van der Waals surface area contributed by atoms with E-state index in [1.807, 2.05) is 14.0 Å². The van der Waals surface area contributed by atoms with Crippen LogP contribution in [0.25, 0.3) is 0 Å². The van der Waals surface area contributed by atoms with Crippen LogP contribution in [0, 0.1) is 6.92 Å². The smallest absolute Gasteiger partial charge is 0.222 e. The van der Waals surface area contributed by atoms with E-state index in [9.17, 15) is 4.79 Å². The molecular formula is C15H24N2O. The van der Waals surface area contributed by atoms with Crippen LogP contribution in [0.2, 0.25) is 0 Å². The molecule has 0 fully saturated rings. The second-order valence-electron chi connectivity index (χ2n) is 5.07. The van der Waals surface area contributed by atoms with Gasteiger partial charge in [0.05, 0.1) is 0 Å². The van der Waals surface area contributed by atoms with Gasteiger partial charge in [-0.3, -0.25) is 4.79 Å². The van der Waals surface area contributed by atoms with Crippen molar-refractivity contribution in [3.05, 3.63) is 35.4 Å². The van der Waals surface area contributed by atoms with Crippen LogP contribution in [-0.4, -0.2) is 30.4 Å². The standard InChI is InChI=1S/C15H24N2O/c1-12-4-6-14(7-5-12)8-9-15(18)17(3)11-10-13(2)16/h4-7,13H,8-11,16H2,1-3H3. The molecule has 1 rings (SSSR count). The van der Waals surface area contributed by atoms with Crippen molar-refractivity contribution >= 4 is 5.91 Å². The zero-order valence-corrected chi connectivity index (χ0v) is 11.6. The van der Waals surface area contributed by atoms with Crippen molar-refractivity contribution in [2.75, 3.05) is 13.6 Å². The molecule has 0 spiro atoms. The van der Waals surface area contributed by atoms with Crippen LogP contribution in [0.15, 0.2) is 24.3 Å². The van der Waals surface area contributed by atoms with E-state index >= 15 is 0 Å². The molecule has 0 radical (unpaired) electrons. The number of carbonyl (C=O) groups excluding carboxylic acids is 1. The highest BCUT2D eigenvalue weighted by Crippen LogP contribution is 2.07. The summed E-state index contributed by atoms with van der Waals surface area (Å²) in [6.45, 7) is 4.77. The first-order valence-corrected chi connectivity index (χ1v) is 6.54. The topological polar surface area (TPSA) is 46.3 Å². The molecule has 1 unspecified atom stereocenters. The molecule has 100 valence electrons. The Morgan fingerprint density at radius 3 is 2.50 bits per heavy atom. The Balaban J connectivity index is 2.34. The summed E-state index contributed by atoms with van der Waals surface area (Å²) in [5, 5.41) is 0. The molecule has 0 aromatic heterocycles. The van der Waals surface area contributed by atoms with Gasteiger partial charge >= 0.3 is 0 Å². The van der Waals surface area contributed by atoms with Gasteiger partial charge in [-0.1, -0.05) is 29.8 Å². The summed E-state index contributed by atoms with van der Waals surface area (Å²) in [6, 6.07) is 8.49. The van der Waals surface area contributed by atoms with Gasteiger partial charge in [-0.25, -0.2) is 0 Å². The van der Waals surface area contributed by atoms with Crippen LogP contribution in [0.3, 0.4) is 0 Å². The van der Waals surface area contributed by atoms with E-state index in [-0.39, 0.29) is 11.9 Å². The van der Waals surface area contributed by atoms with Crippen molar-refractivity contribution in [3.8, 4) is 0 Å². The first kappa shape index (κ1) is 14.7. The molecule has 0 aliphatic rings. The minimum atomic E-state index is 0.150. The number of carbonyl (C=O) groups is 1. The average Bonchev–Trinajstić information content (AvgIpc) is 2.34. The normalized spacial score (nSPS) is 12.2. The fraction of sp³-hybridized carbons (Fsp3) is 0.533. The number of nitrogens with two attached hydrogens (primary N) is 1. The van der Waals surface area contributed by atoms with Crippen molar-refractivity contribution in [2.45, 2.75) is 39.2 Å². The highest BCUT2D eigenvalue weighted by atomic mass is 16.2. The molecule has 0 saturated carbocycles. The van der Waals surface area contributed by atoms with Crippen molar-refractivity contribution in [3.63, 3.8) is 0 Å². The molecule has 1 aromatic carbocycles. The SMILES string of the molecule is Cc1ccc(CCC(=O)N(C)CCC(C)N)cc1. The van der Waals surface area contributed by atoms with Crippen LogP contribution < -0.4 is 5.73 Å². The molecule has 0 bridgehead atoms. The maximum atomic E-state index is 11.9. The molecule has 2 N–H and O–H groups in total. The highest BCUT2D eigenvalue weighted by Gasteiger charge is 2.09. The second-order valence-corrected chi connectivity index (χ2v) is 5.07. The quantitative estimate of drug-likeness (QED) is 0.838. The summed E-state index contributed by atoms with van der Waals surface area (Å²) < 4.78 is 0. The number of amides is 1. The molecule has 3 heteroatoms. The predicted octanol–water partition coefficient (Wildman–Crippen LogP) is 2.12. The highest BCUT2D eigenvalue weighted by molar-refractivity contribution is 5.76. The maximum Gasteiger partial charge on any atom is 0.222 e. The summed E-state index contributed by atoms with van der Waals surface area (Å²) in [6.07, 6.45) is 2.23. The van der Waals surface area contributed by atoms with Crippen LogP contribution in [-0.2, 0) is 11.2 Å². The molecule has 1 atom stereocenters. The van der Waals surface area contributed by atoms with Gasteiger partial charge in [0, 0.05) is 26.1 Å². The van der Waals surface area contributed by atoms with Crippen LogP contribution in [0.5, 0.6) is 0 Å². The first-order valence-electron chi connectivity index (χ1n) is 6.54. The van der Waals surface area contributed by atoms with E-state index in [2.05, 4.69) is 31.2 Å². The number of rotatable bonds is 6. The fourth-order valence-corrected chi connectivity index (χ4v) is 1.72. The minimum Gasteiger partial charge on any atom is -0.346 e. The number of nitrogens with zero attached hydrogens (tertiary/aromatic N) is 1. The Labute approximate surface area is 110 Å². The van der Waals surface area contributed by atoms with Gasteiger partial charge < -0.3 is 10.6 Å². The van der Waals surface area contributed by atoms with Crippen LogP contribution in [0.4, 0.5) is 0 Å². The largest absolute Gasteiger partial charge is 0.346 e. The minimum absolute atomic E-state index is 0.150. The Hall–Kier alpha value is -1.35. The first-order chi connectivity index (χ1) is 8.49. The summed E-state index contributed by atoms with van der Waals surface area (Å²) in [4.78, 5) is 13.7. The van der Waals surface area contributed by atoms with E-state index in [1.165, 1.54) is 11.1 Å². The zero-order valence-electron chi connectivity index (χ0n) is 11.6. The van der Waals surface area contributed by atoms with Crippen molar-refractivity contribution in [2.24, 2.45) is 5.73 Å². The molecule has 3 nitrogen and oxygen atoms in total. The van der Waals surface area contributed by atoms with Gasteiger partial charge in [-0.05, 0) is 32.3 Å². The third-order valence-electron chi connectivity index (χ3n) is 3.09. The summed E-state index contributed by atoms with van der Waals surface area (Å²) in [5.74, 6) is 0.191. The molecule has 0 saturated heterocycles. The third-order valence-corrected chi connectivity index (χ3v) is 3.09. The second kappa shape index (κ2) is 7.17. The molecule has 0 heterocycles. The van der Waals surface area contributed by atoms with E-state index in [0.717, 1.165) is 19.4 Å². The lowest BCUT2D eigenvalue weighted by Gasteiger charge is -2.18. The van der Waals surface area contributed by atoms with Gasteiger partial charge in [0.15, 0.2) is 0 Å². The lowest BCUT2D eigenvalue weighted by molar-refractivity contribution is -0.129. The Kier molecular flexibility index (Phi) is 5.86. The molecule has 18 heavy (non-hydrogen) atoms. The van der Waals surface area contributed by atoms with Crippen molar-refractivity contribution in [1.29, 1.82) is 0 Å². The zero-order chi connectivity index (χ0) is 13.5. The lowest BCUT2D eigenvalue weighted by atomic mass is 10.1. The molecule has 1 aromatic rings. The third kappa shape index (κ3) is 5.32. The van der Waals surface area contributed by atoms with Gasteiger partial charge in [0.25, 0.3) is 0 Å². The predicted molar refractivity (Wildman–Crippen MR) is 75.4 cm³/mol. The summed E-state index contributed by atoms with van der Waals surface area (Å²) >= 11 is 0. The van der Waals surface area contributed by atoms with E-state index < -0.39 is 0 Å². The number of hydrogen-bond acceptors (Lipinski definition) is 2. The van der Waals surface area contributed by atoms with Gasteiger partial charge in [0.2, 0.25) is 5.91 Å². The Morgan fingerprint density at radius 1 is 1.33 bits per heavy atom. The summed E-state index contributed by atoms with van der Waals surface area (Å²) in [5.41, 5.74) is 8.15. The molecule has 0 aliphatic heterocycles. The lowest BCUT2D eigenvalue weighted by Crippen LogP contribution is -2.31. The fourth-order valence-electron chi connectivity index (χ4n) is 1.72. The maximum absolute atomic E-state index is 11.9. The number of benzene rings is 1. The van der Waals surface area contributed by atoms with Crippen LogP contribution in [0.1, 0.15) is 30.9 Å². The number of hydrogen-bond donors (Lipinski definition) is 1. The molecule has 1 amide bonds. The van der Waals surface area contributed by atoms with Gasteiger partial charge in [0.1, 0.15) is 0 Å². The number of aryl methyl sites for hydroxylation is 2. The van der Waals surface area contributed by atoms with Crippen molar-refractivity contribution in [1.82, 2.24) is 4.90 Å². The Morgan fingerprint density at radius 2 is 1.94 bits per heavy atom. The molecule has 0 aliphatic carbocycles. The van der Waals surface area contributed by atoms with E-state index in [0.29, 0.717) is 6.42 Å². The Bertz CT molecular complexity index is 371. The monoisotopic (exact) mass is 248 g/mol.